The molecule has 0 saturated carbocycles. The Hall–Kier alpha value is -1.76. The maximum absolute atomic E-state index is 5.83. The third-order valence-electron chi connectivity index (χ3n) is 3.39. The Bertz CT molecular complexity index is 541. The lowest BCUT2D eigenvalue weighted by atomic mass is 9.94. The number of benzene rings is 2. The molecule has 2 rings (SSSR count). The van der Waals surface area contributed by atoms with Crippen molar-refractivity contribution in [1.82, 2.24) is 0 Å². The van der Waals surface area contributed by atoms with Gasteiger partial charge in [0, 0.05) is 5.69 Å². The maximum atomic E-state index is 5.83. The van der Waals surface area contributed by atoms with Gasteiger partial charge < -0.3 is 5.73 Å². The quantitative estimate of drug-likeness (QED) is 0.794. The van der Waals surface area contributed by atoms with E-state index >= 15 is 0 Å². The first-order valence-corrected chi connectivity index (χ1v) is 6.50. The standard InChI is InChI=1S/C17H21N/c1-12(2)15-8-7-13(3)16(11-15)9-14-5-4-6-17(18)10-14/h4-8,10-12H,9,18H2,1-3H3. The molecule has 0 fully saturated rings. The minimum absolute atomic E-state index is 0.574. The summed E-state index contributed by atoms with van der Waals surface area (Å²) in [6, 6.07) is 14.9. The molecule has 0 saturated heterocycles. The second-order valence-electron chi connectivity index (χ2n) is 5.26. The van der Waals surface area contributed by atoms with Crippen molar-refractivity contribution < 1.29 is 0 Å². The van der Waals surface area contributed by atoms with Gasteiger partial charge in [0.15, 0.2) is 0 Å². The van der Waals surface area contributed by atoms with E-state index in [0.29, 0.717) is 5.92 Å². The molecule has 0 aromatic heterocycles. The van der Waals surface area contributed by atoms with E-state index in [1.54, 1.807) is 0 Å². The molecule has 0 aliphatic heterocycles. The van der Waals surface area contributed by atoms with Crippen LogP contribution in [0.3, 0.4) is 0 Å². The lowest BCUT2D eigenvalue weighted by Crippen LogP contribution is -1.96. The van der Waals surface area contributed by atoms with Gasteiger partial charge in [-0.25, -0.2) is 0 Å². The number of nitrogen functional groups attached to an aromatic ring is 1. The van der Waals surface area contributed by atoms with Gasteiger partial charge in [0.2, 0.25) is 0 Å². The van der Waals surface area contributed by atoms with Gasteiger partial charge in [0.05, 0.1) is 0 Å². The molecule has 0 unspecified atom stereocenters. The molecule has 1 heteroatoms. The Morgan fingerprint density at radius 2 is 1.83 bits per heavy atom. The minimum Gasteiger partial charge on any atom is -0.399 e. The maximum Gasteiger partial charge on any atom is 0.0316 e. The molecule has 0 heterocycles. The largest absolute Gasteiger partial charge is 0.399 e. The summed E-state index contributed by atoms with van der Waals surface area (Å²) in [6.07, 6.45) is 0.956. The zero-order valence-corrected chi connectivity index (χ0v) is 11.4. The van der Waals surface area contributed by atoms with Crippen molar-refractivity contribution >= 4 is 5.69 Å². The average Bonchev–Trinajstić information content (AvgIpc) is 2.31. The normalized spacial score (nSPS) is 10.9. The zero-order valence-electron chi connectivity index (χ0n) is 11.4. The molecule has 0 aliphatic rings. The molecular formula is C17H21N. The van der Waals surface area contributed by atoms with Gasteiger partial charge in [-0.3, -0.25) is 0 Å². The van der Waals surface area contributed by atoms with E-state index in [4.69, 9.17) is 5.73 Å². The predicted molar refractivity (Wildman–Crippen MR) is 78.9 cm³/mol. The molecule has 0 atom stereocenters. The SMILES string of the molecule is Cc1ccc(C(C)C)cc1Cc1cccc(N)c1. The van der Waals surface area contributed by atoms with E-state index in [1.165, 1.54) is 22.3 Å². The van der Waals surface area contributed by atoms with E-state index in [9.17, 15) is 0 Å². The second-order valence-corrected chi connectivity index (χ2v) is 5.26. The summed E-state index contributed by atoms with van der Waals surface area (Å²) in [5, 5.41) is 0. The summed E-state index contributed by atoms with van der Waals surface area (Å²) in [7, 11) is 0. The fourth-order valence-corrected chi connectivity index (χ4v) is 2.16. The molecule has 0 amide bonds. The van der Waals surface area contributed by atoms with Crippen LogP contribution in [-0.4, -0.2) is 0 Å². The Kier molecular flexibility index (Phi) is 3.71. The summed E-state index contributed by atoms with van der Waals surface area (Å²) < 4.78 is 0. The number of hydrogen-bond acceptors (Lipinski definition) is 1. The van der Waals surface area contributed by atoms with E-state index in [-0.39, 0.29) is 0 Å². The Labute approximate surface area is 110 Å². The minimum atomic E-state index is 0.574. The Balaban J connectivity index is 2.30. The lowest BCUT2D eigenvalue weighted by Gasteiger charge is -2.11. The van der Waals surface area contributed by atoms with Crippen molar-refractivity contribution in [3.63, 3.8) is 0 Å². The van der Waals surface area contributed by atoms with Gasteiger partial charge in [-0.1, -0.05) is 44.2 Å². The first-order valence-electron chi connectivity index (χ1n) is 6.50. The van der Waals surface area contributed by atoms with Crippen LogP contribution in [0, 0.1) is 6.92 Å². The highest BCUT2D eigenvalue weighted by molar-refractivity contribution is 5.43. The van der Waals surface area contributed by atoms with Crippen LogP contribution in [0.2, 0.25) is 0 Å². The summed E-state index contributed by atoms with van der Waals surface area (Å²) >= 11 is 0. The molecule has 0 aliphatic carbocycles. The Morgan fingerprint density at radius 3 is 2.50 bits per heavy atom. The van der Waals surface area contributed by atoms with E-state index < -0.39 is 0 Å². The van der Waals surface area contributed by atoms with Gasteiger partial charge >= 0.3 is 0 Å². The van der Waals surface area contributed by atoms with Crippen LogP contribution in [-0.2, 0) is 6.42 Å². The fourth-order valence-electron chi connectivity index (χ4n) is 2.16. The highest BCUT2D eigenvalue weighted by atomic mass is 14.5. The number of hydrogen-bond donors (Lipinski definition) is 1. The van der Waals surface area contributed by atoms with E-state index in [2.05, 4.69) is 51.1 Å². The van der Waals surface area contributed by atoms with Crippen molar-refractivity contribution in [2.45, 2.75) is 33.1 Å². The molecule has 2 aromatic rings. The van der Waals surface area contributed by atoms with Gasteiger partial charge in [-0.15, -0.1) is 0 Å². The average molecular weight is 239 g/mol. The number of rotatable bonds is 3. The Morgan fingerprint density at radius 1 is 1.06 bits per heavy atom. The topological polar surface area (TPSA) is 26.0 Å². The summed E-state index contributed by atoms with van der Waals surface area (Å²) in [5.41, 5.74) is 12.1. The molecule has 0 radical (unpaired) electrons. The summed E-state index contributed by atoms with van der Waals surface area (Å²) in [6.45, 7) is 6.63. The number of aryl methyl sites for hydroxylation is 1. The van der Waals surface area contributed by atoms with Crippen molar-refractivity contribution in [3.8, 4) is 0 Å². The van der Waals surface area contributed by atoms with Crippen LogP contribution < -0.4 is 5.73 Å². The van der Waals surface area contributed by atoms with Crippen molar-refractivity contribution in [1.29, 1.82) is 0 Å². The lowest BCUT2D eigenvalue weighted by molar-refractivity contribution is 0.862. The van der Waals surface area contributed by atoms with Gasteiger partial charge in [0.25, 0.3) is 0 Å². The van der Waals surface area contributed by atoms with Crippen LogP contribution in [0.4, 0.5) is 5.69 Å². The van der Waals surface area contributed by atoms with E-state index in [0.717, 1.165) is 12.1 Å². The van der Waals surface area contributed by atoms with E-state index in [1.807, 2.05) is 12.1 Å². The van der Waals surface area contributed by atoms with Crippen molar-refractivity contribution in [2.75, 3.05) is 5.73 Å². The molecule has 2 N–H and O–H groups in total. The molecule has 18 heavy (non-hydrogen) atoms. The first kappa shape index (κ1) is 12.7. The second kappa shape index (κ2) is 5.26. The van der Waals surface area contributed by atoms with Crippen LogP contribution >= 0.6 is 0 Å². The van der Waals surface area contributed by atoms with Gasteiger partial charge in [0.1, 0.15) is 0 Å². The molecule has 94 valence electrons. The monoisotopic (exact) mass is 239 g/mol. The third-order valence-corrected chi connectivity index (χ3v) is 3.39. The third kappa shape index (κ3) is 2.92. The predicted octanol–water partition coefficient (Wildman–Crippen LogP) is 4.29. The highest BCUT2D eigenvalue weighted by Gasteiger charge is 2.05. The zero-order chi connectivity index (χ0) is 13.1. The van der Waals surface area contributed by atoms with Crippen LogP contribution in [0.25, 0.3) is 0 Å². The van der Waals surface area contributed by atoms with Crippen LogP contribution in [0.1, 0.15) is 42.0 Å². The smallest absolute Gasteiger partial charge is 0.0316 e. The van der Waals surface area contributed by atoms with Gasteiger partial charge in [-0.2, -0.15) is 0 Å². The fraction of sp³-hybridized carbons (Fsp3) is 0.294. The first-order chi connectivity index (χ1) is 8.56. The van der Waals surface area contributed by atoms with Crippen LogP contribution in [0.5, 0.6) is 0 Å². The molecule has 2 aromatic carbocycles. The van der Waals surface area contributed by atoms with Crippen molar-refractivity contribution in [2.24, 2.45) is 0 Å². The number of nitrogens with two attached hydrogens (primary N) is 1. The summed E-state index contributed by atoms with van der Waals surface area (Å²) in [5.74, 6) is 0.574. The van der Waals surface area contributed by atoms with Crippen LogP contribution in [0.15, 0.2) is 42.5 Å². The molecular weight excluding hydrogens is 218 g/mol. The van der Waals surface area contributed by atoms with Crippen molar-refractivity contribution in [3.05, 3.63) is 64.7 Å². The molecule has 0 bridgehead atoms. The molecule has 0 spiro atoms. The molecule has 1 nitrogen and oxygen atoms in total. The highest BCUT2D eigenvalue weighted by Crippen LogP contribution is 2.21. The number of anilines is 1. The van der Waals surface area contributed by atoms with Gasteiger partial charge in [-0.05, 0) is 53.6 Å². The summed E-state index contributed by atoms with van der Waals surface area (Å²) in [4.78, 5) is 0.